The van der Waals surface area contributed by atoms with E-state index in [9.17, 15) is 18.0 Å². The van der Waals surface area contributed by atoms with Crippen LogP contribution in [-0.4, -0.2) is 44.3 Å². The summed E-state index contributed by atoms with van der Waals surface area (Å²) in [5.41, 5.74) is 2.06. The fourth-order valence-corrected chi connectivity index (χ4v) is 6.32. The van der Waals surface area contributed by atoms with E-state index in [1.807, 2.05) is 51.1 Å². The molecule has 0 spiro atoms. The van der Waals surface area contributed by atoms with Crippen LogP contribution in [0.2, 0.25) is 5.02 Å². The minimum Gasteiger partial charge on any atom is -0.354 e. The smallest absolute Gasteiger partial charge is 0.264 e. The van der Waals surface area contributed by atoms with Gasteiger partial charge in [-0.2, -0.15) is 0 Å². The minimum absolute atomic E-state index is 0.0156. The third-order valence-corrected chi connectivity index (χ3v) is 9.26. The highest BCUT2D eigenvalue weighted by Gasteiger charge is 2.35. The van der Waals surface area contributed by atoms with Gasteiger partial charge in [0.2, 0.25) is 11.8 Å². The lowest BCUT2D eigenvalue weighted by Gasteiger charge is -2.34. The summed E-state index contributed by atoms with van der Waals surface area (Å²) < 4.78 is 44.0. The van der Waals surface area contributed by atoms with Crippen molar-refractivity contribution in [3.63, 3.8) is 0 Å². The number of aryl methyl sites for hydroxylation is 1. The van der Waals surface area contributed by atoms with Gasteiger partial charge in [-0.05, 0) is 60.4 Å². The Balaban J connectivity index is 1.80. The number of carbonyl (C=O) groups excluding carboxylic acids is 2. The van der Waals surface area contributed by atoms with E-state index in [1.165, 1.54) is 35.2 Å². The Morgan fingerprint density at radius 3 is 2.09 bits per heavy atom. The normalized spacial score (nSPS) is 12.0. The number of rotatable bonds is 13. The molecule has 236 valence electrons. The van der Waals surface area contributed by atoms with Crippen molar-refractivity contribution in [1.29, 1.82) is 0 Å². The van der Waals surface area contributed by atoms with Crippen molar-refractivity contribution in [3.05, 3.63) is 131 Å². The first-order valence-corrected chi connectivity index (χ1v) is 16.5. The number of sulfonamides is 1. The van der Waals surface area contributed by atoms with Crippen LogP contribution in [0.3, 0.4) is 0 Å². The number of hydrogen-bond acceptors (Lipinski definition) is 4. The van der Waals surface area contributed by atoms with Crippen molar-refractivity contribution >= 4 is 39.1 Å². The van der Waals surface area contributed by atoms with E-state index in [2.05, 4.69) is 5.32 Å². The highest BCUT2D eigenvalue weighted by molar-refractivity contribution is 7.92. The van der Waals surface area contributed by atoms with Gasteiger partial charge in [-0.3, -0.25) is 13.9 Å². The van der Waals surface area contributed by atoms with Gasteiger partial charge in [0, 0.05) is 24.5 Å². The molecule has 0 heterocycles. The lowest BCUT2D eigenvalue weighted by Crippen LogP contribution is -2.53. The van der Waals surface area contributed by atoms with E-state index in [0.29, 0.717) is 17.1 Å². The molecule has 0 saturated carbocycles. The number of benzene rings is 4. The number of nitrogens with one attached hydrogen (secondary N) is 1. The number of nitrogens with zero attached hydrogens (tertiary/aromatic N) is 2. The van der Waals surface area contributed by atoms with E-state index in [-0.39, 0.29) is 35.4 Å². The van der Waals surface area contributed by atoms with Crippen LogP contribution in [0.5, 0.6) is 0 Å². The van der Waals surface area contributed by atoms with E-state index in [4.69, 9.17) is 11.6 Å². The Morgan fingerprint density at radius 1 is 0.844 bits per heavy atom. The van der Waals surface area contributed by atoms with Gasteiger partial charge in [-0.1, -0.05) is 97.7 Å². The highest BCUT2D eigenvalue weighted by Crippen LogP contribution is 2.27. The first-order chi connectivity index (χ1) is 21.5. The van der Waals surface area contributed by atoms with Crippen molar-refractivity contribution < 1.29 is 22.4 Å². The Hall–Kier alpha value is -4.21. The second kappa shape index (κ2) is 15.2. The molecular weight excluding hydrogens is 613 g/mol. The zero-order valence-electron chi connectivity index (χ0n) is 25.5. The predicted octanol–water partition coefficient (Wildman–Crippen LogP) is 6.40. The SMILES string of the molecule is Cc1ccc(S(=O)(=O)N(CC(=O)N(Cc2ccc(Cl)cc2)[C@H](Cc2ccccc2)C(=O)NCC(C)C)c2ccccc2F)cc1. The van der Waals surface area contributed by atoms with Crippen LogP contribution in [0.1, 0.15) is 30.5 Å². The largest absolute Gasteiger partial charge is 0.354 e. The van der Waals surface area contributed by atoms with Gasteiger partial charge in [-0.15, -0.1) is 0 Å². The van der Waals surface area contributed by atoms with E-state index in [1.54, 1.807) is 36.4 Å². The highest BCUT2D eigenvalue weighted by atomic mass is 35.5. The van der Waals surface area contributed by atoms with Crippen LogP contribution in [-0.2, 0) is 32.6 Å². The number of carbonyl (C=O) groups is 2. The van der Waals surface area contributed by atoms with E-state index < -0.39 is 34.3 Å². The molecule has 2 amide bonds. The van der Waals surface area contributed by atoms with Crippen LogP contribution in [0.4, 0.5) is 10.1 Å². The lowest BCUT2D eigenvalue weighted by molar-refractivity contribution is -0.140. The van der Waals surface area contributed by atoms with Crippen LogP contribution in [0.15, 0.2) is 108 Å². The second-order valence-corrected chi connectivity index (χ2v) is 13.6. The number of amides is 2. The molecule has 1 N–H and O–H groups in total. The Bertz CT molecular complexity index is 1700. The summed E-state index contributed by atoms with van der Waals surface area (Å²) in [5.74, 6) is -1.71. The molecule has 1 atom stereocenters. The molecule has 45 heavy (non-hydrogen) atoms. The third kappa shape index (κ3) is 8.93. The van der Waals surface area contributed by atoms with Gasteiger partial charge in [0.1, 0.15) is 18.4 Å². The summed E-state index contributed by atoms with van der Waals surface area (Å²) >= 11 is 6.12. The third-order valence-electron chi connectivity index (χ3n) is 7.23. The second-order valence-electron chi connectivity index (χ2n) is 11.3. The van der Waals surface area contributed by atoms with Crippen LogP contribution in [0, 0.1) is 18.7 Å². The molecule has 0 bridgehead atoms. The fraction of sp³-hybridized carbons (Fsp3) is 0.257. The summed E-state index contributed by atoms with van der Waals surface area (Å²) in [5, 5.41) is 3.44. The topological polar surface area (TPSA) is 86.8 Å². The summed E-state index contributed by atoms with van der Waals surface area (Å²) in [6.07, 6.45) is 0.175. The average molecular weight is 650 g/mol. The Labute approximate surface area is 269 Å². The van der Waals surface area contributed by atoms with Crippen molar-refractivity contribution in [2.75, 3.05) is 17.4 Å². The van der Waals surface area contributed by atoms with Crippen molar-refractivity contribution in [2.45, 2.75) is 44.7 Å². The molecule has 0 aliphatic carbocycles. The van der Waals surface area contributed by atoms with E-state index >= 15 is 4.39 Å². The molecule has 4 aromatic rings. The van der Waals surface area contributed by atoms with Gasteiger partial charge in [0.15, 0.2) is 0 Å². The summed E-state index contributed by atoms with van der Waals surface area (Å²) in [7, 11) is -4.40. The molecule has 0 aliphatic rings. The van der Waals surface area contributed by atoms with Crippen molar-refractivity contribution in [2.24, 2.45) is 5.92 Å². The summed E-state index contributed by atoms with van der Waals surface area (Å²) in [6.45, 7) is 5.37. The van der Waals surface area contributed by atoms with Crippen molar-refractivity contribution in [1.82, 2.24) is 10.2 Å². The quantitative estimate of drug-likeness (QED) is 0.182. The minimum atomic E-state index is -4.40. The Morgan fingerprint density at radius 2 is 1.47 bits per heavy atom. The first-order valence-electron chi connectivity index (χ1n) is 14.6. The average Bonchev–Trinajstić information content (AvgIpc) is 3.02. The van der Waals surface area contributed by atoms with Gasteiger partial charge < -0.3 is 10.2 Å². The lowest BCUT2D eigenvalue weighted by atomic mass is 10.0. The molecule has 0 aromatic heterocycles. The Kier molecular flexibility index (Phi) is 11.4. The number of anilines is 1. The molecule has 0 radical (unpaired) electrons. The van der Waals surface area contributed by atoms with Gasteiger partial charge in [-0.25, -0.2) is 12.8 Å². The molecule has 0 aliphatic heterocycles. The molecule has 0 unspecified atom stereocenters. The van der Waals surface area contributed by atoms with Crippen LogP contribution >= 0.6 is 11.6 Å². The van der Waals surface area contributed by atoms with Crippen LogP contribution < -0.4 is 9.62 Å². The maximum Gasteiger partial charge on any atom is 0.264 e. The van der Waals surface area contributed by atoms with Gasteiger partial charge in [0.25, 0.3) is 10.0 Å². The van der Waals surface area contributed by atoms with E-state index in [0.717, 1.165) is 21.5 Å². The predicted molar refractivity (Wildman–Crippen MR) is 176 cm³/mol. The van der Waals surface area contributed by atoms with Gasteiger partial charge >= 0.3 is 0 Å². The fourth-order valence-electron chi connectivity index (χ4n) is 4.77. The maximum absolute atomic E-state index is 15.2. The molecule has 0 saturated heterocycles. The molecule has 0 fully saturated rings. The standard InChI is InChI=1S/C35H37ClFN3O4S/c1-25(2)22-38-35(42)33(21-27-9-5-4-6-10-27)39(23-28-15-17-29(36)18-16-28)34(41)24-40(32-12-8-7-11-31(32)37)45(43,44)30-19-13-26(3)14-20-30/h4-20,25,33H,21-24H2,1-3H3,(H,38,42)/t33-/m1/s1. The molecular formula is C35H37ClFN3O4S. The van der Waals surface area contributed by atoms with Crippen LogP contribution in [0.25, 0.3) is 0 Å². The molecule has 7 nitrogen and oxygen atoms in total. The molecule has 4 aromatic carbocycles. The number of para-hydroxylation sites is 1. The van der Waals surface area contributed by atoms with Gasteiger partial charge in [0.05, 0.1) is 10.6 Å². The zero-order valence-corrected chi connectivity index (χ0v) is 27.1. The molecule has 4 rings (SSSR count). The number of hydrogen-bond donors (Lipinski definition) is 1. The maximum atomic E-state index is 15.2. The monoisotopic (exact) mass is 649 g/mol. The summed E-state index contributed by atoms with van der Waals surface area (Å²) in [4.78, 5) is 29.5. The zero-order chi connectivity index (χ0) is 32.6. The van der Waals surface area contributed by atoms with Crippen molar-refractivity contribution in [3.8, 4) is 0 Å². The summed E-state index contributed by atoms with van der Waals surface area (Å²) in [6, 6.07) is 26.6. The number of halogens is 2. The molecule has 10 heteroatoms. The first kappa shape index (κ1) is 33.7.